The standard InChI is InChI=1S/C10H7ClF4O2/c1-17-8(16)3-5-2-6(11)4-7(9(5)12)10(13,14)15/h2,4H,3H2,1H3. The van der Waals surface area contributed by atoms with Gasteiger partial charge in [0.25, 0.3) is 0 Å². The Kier molecular flexibility index (Phi) is 3.98. The smallest absolute Gasteiger partial charge is 0.419 e. The second kappa shape index (κ2) is 4.91. The molecule has 0 fully saturated rings. The Morgan fingerprint density at radius 2 is 2.00 bits per heavy atom. The predicted octanol–water partition coefficient (Wildman–Crippen LogP) is 3.21. The Hall–Kier alpha value is -1.30. The quantitative estimate of drug-likeness (QED) is 0.609. The van der Waals surface area contributed by atoms with Crippen molar-refractivity contribution in [3.05, 3.63) is 34.1 Å². The molecule has 17 heavy (non-hydrogen) atoms. The zero-order valence-corrected chi connectivity index (χ0v) is 9.32. The van der Waals surface area contributed by atoms with Crippen LogP contribution in [-0.2, 0) is 22.1 Å². The number of ether oxygens (including phenoxy) is 1. The molecule has 0 atom stereocenters. The molecule has 0 spiro atoms. The number of methoxy groups -OCH3 is 1. The molecule has 0 amide bonds. The molecule has 0 N–H and O–H groups in total. The predicted molar refractivity (Wildman–Crippen MR) is 52.1 cm³/mol. The Morgan fingerprint density at radius 1 is 1.41 bits per heavy atom. The van der Waals surface area contributed by atoms with Gasteiger partial charge in [-0.1, -0.05) is 11.6 Å². The minimum atomic E-state index is -4.86. The largest absolute Gasteiger partial charge is 0.469 e. The molecule has 0 saturated heterocycles. The van der Waals surface area contributed by atoms with Gasteiger partial charge in [0.2, 0.25) is 0 Å². The lowest BCUT2D eigenvalue weighted by atomic mass is 10.1. The summed E-state index contributed by atoms with van der Waals surface area (Å²) < 4.78 is 54.9. The van der Waals surface area contributed by atoms with Crippen molar-refractivity contribution in [2.45, 2.75) is 12.6 Å². The fourth-order valence-corrected chi connectivity index (χ4v) is 1.45. The van der Waals surface area contributed by atoms with Gasteiger partial charge >= 0.3 is 12.1 Å². The van der Waals surface area contributed by atoms with E-state index in [0.717, 1.165) is 13.2 Å². The van der Waals surface area contributed by atoms with E-state index in [0.29, 0.717) is 6.07 Å². The van der Waals surface area contributed by atoms with E-state index in [9.17, 15) is 22.4 Å². The topological polar surface area (TPSA) is 26.3 Å². The van der Waals surface area contributed by atoms with E-state index < -0.39 is 35.5 Å². The van der Waals surface area contributed by atoms with Gasteiger partial charge in [0.1, 0.15) is 5.82 Å². The molecule has 7 heteroatoms. The van der Waals surface area contributed by atoms with E-state index in [2.05, 4.69) is 4.74 Å². The SMILES string of the molecule is COC(=O)Cc1cc(Cl)cc(C(F)(F)F)c1F. The Morgan fingerprint density at radius 3 is 2.47 bits per heavy atom. The first-order valence-electron chi connectivity index (χ1n) is 4.37. The van der Waals surface area contributed by atoms with E-state index in [1.165, 1.54) is 0 Å². The van der Waals surface area contributed by atoms with Crippen LogP contribution in [0.3, 0.4) is 0 Å². The summed E-state index contributed by atoms with van der Waals surface area (Å²) in [4.78, 5) is 10.9. The molecule has 0 bridgehead atoms. The normalized spacial score (nSPS) is 11.4. The van der Waals surface area contributed by atoms with Crippen LogP contribution in [0.2, 0.25) is 5.02 Å². The summed E-state index contributed by atoms with van der Waals surface area (Å²) in [6, 6.07) is 1.43. The van der Waals surface area contributed by atoms with E-state index in [-0.39, 0.29) is 5.02 Å². The summed E-state index contributed by atoms with van der Waals surface area (Å²) in [5, 5.41) is -0.294. The highest BCUT2D eigenvalue weighted by Crippen LogP contribution is 2.34. The minimum absolute atomic E-state index is 0.294. The van der Waals surface area contributed by atoms with Crippen LogP contribution in [0.5, 0.6) is 0 Å². The van der Waals surface area contributed by atoms with E-state index >= 15 is 0 Å². The molecule has 0 aliphatic carbocycles. The molecule has 0 aliphatic rings. The number of alkyl halides is 3. The van der Waals surface area contributed by atoms with Gasteiger partial charge in [-0.05, 0) is 12.1 Å². The van der Waals surface area contributed by atoms with Crippen LogP contribution in [0, 0.1) is 5.82 Å². The van der Waals surface area contributed by atoms with Crippen LogP contribution in [0.25, 0.3) is 0 Å². The number of hydrogen-bond acceptors (Lipinski definition) is 2. The van der Waals surface area contributed by atoms with E-state index in [1.807, 2.05) is 0 Å². The maximum Gasteiger partial charge on any atom is 0.419 e. The molecule has 0 unspecified atom stereocenters. The monoisotopic (exact) mass is 270 g/mol. The van der Waals surface area contributed by atoms with Crippen LogP contribution >= 0.6 is 11.6 Å². The first-order valence-corrected chi connectivity index (χ1v) is 4.75. The summed E-state index contributed by atoms with van der Waals surface area (Å²) in [7, 11) is 1.05. The summed E-state index contributed by atoms with van der Waals surface area (Å²) in [5.74, 6) is -2.36. The maximum atomic E-state index is 13.5. The number of halogens is 5. The average Bonchev–Trinajstić information content (AvgIpc) is 2.21. The van der Waals surface area contributed by atoms with Gasteiger partial charge in [-0.2, -0.15) is 13.2 Å². The number of carbonyl (C=O) groups excluding carboxylic acids is 1. The van der Waals surface area contributed by atoms with Crippen molar-refractivity contribution in [1.82, 2.24) is 0 Å². The lowest BCUT2D eigenvalue weighted by Crippen LogP contribution is -2.13. The van der Waals surface area contributed by atoms with Crippen molar-refractivity contribution in [2.24, 2.45) is 0 Å². The number of esters is 1. The summed E-state index contributed by atoms with van der Waals surface area (Å²) >= 11 is 5.44. The zero-order valence-electron chi connectivity index (χ0n) is 8.57. The van der Waals surface area contributed by atoms with Gasteiger partial charge in [0.15, 0.2) is 0 Å². The second-order valence-corrected chi connectivity index (χ2v) is 3.61. The van der Waals surface area contributed by atoms with Crippen LogP contribution < -0.4 is 0 Å². The molecular formula is C10H7ClF4O2. The van der Waals surface area contributed by atoms with Gasteiger partial charge < -0.3 is 4.74 Å². The summed E-state index contributed by atoms with van der Waals surface area (Å²) in [6.45, 7) is 0. The van der Waals surface area contributed by atoms with Crippen molar-refractivity contribution in [3.8, 4) is 0 Å². The Balaban J connectivity index is 3.24. The van der Waals surface area contributed by atoms with Crippen molar-refractivity contribution in [3.63, 3.8) is 0 Å². The molecule has 1 aromatic carbocycles. The van der Waals surface area contributed by atoms with Gasteiger partial charge in [0, 0.05) is 10.6 Å². The molecule has 0 aliphatic heterocycles. The van der Waals surface area contributed by atoms with Crippen molar-refractivity contribution in [1.29, 1.82) is 0 Å². The molecule has 1 rings (SSSR count). The van der Waals surface area contributed by atoms with Crippen LogP contribution in [0.1, 0.15) is 11.1 Å². The number of benzene rings is 1. The zero-order chi connectivity index (χ0) is 13.2. The molecular weight excluding hydrogens is 264 g/mol. The van der Waals surface area contributed by atoms with Crippen molar-refractivity contribution < 1.29 is 27.1 Å². The lowest BCUT2D eigenvalue weighted by Gasteiger charge is -2.11. The number of hydrogen-bond donors (Lipinski definition) is 0. The molecule has 0 heterocycles. The third-order valence-corrected chi connectivity index (χ3v) is 2.20. The number of carbonyl (C=O) groups is 1. The molecule has 0 saturated carbocycles. The number of rotatable bonds is 2. The van der Waals surface area contributed by atoms with E-state index in [1.54, 1.807) is 0 Å². The van der Waals surface area contributed by atoms with Crippen molar-refractivity contribution in [2.75, 3.05) is 7.11 Å². The van der Waals surface area contributed by atoms with Gasteiger partial charge in [0.05, 0.1) is 19.1 Å². The van der Waals surface area contributed by atoms with Crippen LogP contribution in [0.15, 0.2) is 12.1 Å². The van der Waals surface area contributed by atoms with Crippen LogP contribution in [0.4, 0.5) is 17.6 Å². The second-order valence-electron chi connectivity index (χ2n) is 3.18. The average molecular weight is 271 g/mol. The van der Waals surface area contributed by atoms with Gasteiger partial charge in [-0.25, -0.2) is 4.39 Å². The van der Waals surface area contributed by atoms with Gasteiger partial charge in [-0.3, -0.25) is 4.79 Å². The van der Waals surface area contributed by atoms with E-state index in [4.69, 9.17) is 11.6 Å². The van der Waals surface area contributed by atoms with Crippen LogP contribution in [-0.4, -0.2) is 13.1 Å². The van der Waals surface area contributed by atoms with Crippen molar-refractivity contribution >= 4 is 17.6 Å². The summed E-state index contributed by atoms with van der Waals surface area (Å²) in [5.41, 5.74) is -1.94. The fraction of sp³-hybridized carbons (Fsp3) is 0.300. The molecule has 0 aromatic heterocycles. The first kappa shape index (κ1) is 13.8. The third kappa shape index (κ3) is 3.33. The highest BCUT2D eigenvalue weighted by atomic mass is 35.5. The first-order chi connectivity index (χ1) is 7.75. The van der Waals surface area contributed by atoms with Gasteiger partial charge in [-0.15, -0.1) is 0 Å². The minimum Gasteiger partial charge on any atom is -0.469 e. The molecule has 94 valence electrons. The Labute approximate surface area is 99.1 Å². The summed E-state index contributed by atoms with van der Waals surface area (Å²) in [6.07, 6.45) is -5.47. The molecule has 1 aromatic rings. The highest BCUT2D eigenvalue weighted by molar-refractivity contribution is 6.30. The fourth-order valence-electron chi connectivity index (χ4n) is 1.21. The highest BCUT2D eigenvalue weighted by Gasteiger charge is 2.35. The Bertz CT molecular complexity index is 443. The lowest BCUT2D eigenvalue weighted by molar-refractivity contribution is -0.142. The third-order valence-electron chi connectivity index (χ3n) is 1.98. The maximum absolute atomic E-state index is 13.5. The molecule has 0 radical (unpaired) electrons. The molecule has 2 nitrogen and oxygen atoms in total.